The van der Waals surface area contributed by atoms with E-state index in [1.54, 1.807) is 0 Å². The van der Waals surface area contributed by atoms with E-state index in [-0.39, 0.29) is 0 Å². The molecular weight excluding hydrogens is 334 g/mol. The lowest BCUT2D eigenvalue weighted by Gasteiger charge is -2.26. The summed E-state index contributed by atoms with van der Waals surface area (Å²) in [7, 11) is 0. The van der Waals surface area contributed by atoms with Crippen molar-refractivity contribution in [3.63, 3.8) is 0 Å². The highest BCUT2D eigenvalue weighted by atomic mass is 16.5. The smallest absolute Gasteiger partial charge is 0.0594 e. The Morgan fingerprint density at radius 1 is 0.926 bits per heavy atom. The van der Waals surface area contributed by atoms with E-state index in [4.69, 9.17) is 4.74 Å². The average molecular weight is 364 g/mol. The summed E-state index contributed by atoms with van der Waals surface area (Å²) in [6, 6.07) is 19.4. The lowest BCUT2D eigenvalue weighted by atomic mass is 10.2. The van der Waals surface area contributed by atoms with Crippen molar-refractivity contribution < 1.29 is 4.74 Å². The fraction of sp³-hybridized carbons (Fsp3) is 0.391. The third-order valence-electron chi connectivity index (χ3n) is 5.31. The number of hydrogen-bond donors (Lipinski definition) is 1. The monoisotopic (exact) mass is 363 g/mol. The van der Waals surface area contributed by atoms with Crippen molar-refractivity contribution in [2.75, 3.05) is 39.4 Å². The molecule has 0 saturated carbocycles. The van der Waals surface area contributed by atoms with Gasteiger partial charge in [-0.15, -0.1) is 0 Å². The average Bonchev–Trinajstić information content (AvgIpc) is 3.07. The molecule has 3 aromatic rings. The lowest BCUT2D eigenvalue weighted by Crippen LogP contribution is -2.37. The van der Waals surface area contributed by atoms with Crippen molar-refractivity contribution in [2.24, 2.45) is 0 Å². The number of nitrogens with zero attached hydrogens (tertiary/aromatic N) is 2. The summed E-state index contributed by atoms with van der Waals surface area (Å²) in [5, 5.41) is 5.00. The van der Waals surface area contributed by atoms with Crippen molar-refractivity contribution in [2.45, 2.75) is 19.5 Å². The van der Waals surface area contributed by atoms with Crippen molar-refractivity contribution in [3.05, 3.63) is 71.9 Å². The quantitative estimate of drug-likeness (QED) is 0.621. The lowest BCUT2D eigenvalue weighted by molar-refractivity contribution is 0.0374. The largest absolute Gasteiger partial charge is 0.379 e. The molecule has 0 bridgehead atoms. The van der Waals surface area contributed by atoms with E-state index >= 15 is 0 Å². The molecule has 2 heterocycles. The van der Waals surface area contributed by atoms with Crippen LogP contribution < -0.4 is 5.32 Å². The summed E-state index contributed by atoms with van der Waals surface area (Å²) >= 11 is 0. The minimum atomic E-state index is 0.883. The topological polar surface area (TPSA) is 29.4 Å². The maximum atomic E-state index is 5.41. The first-order valence-corrected chi connectivity index (χ1v) is 10.0. The van der Waals surface area contributed by atoms with Gasteiger partial charge in [-0.3, -0.25) is 4.90 Å². The van der Waals surface area contributed by atoms with Gasteiger partial charge in [0, 0.05) is 43.3 Å². The molecule has 0 spiro atoms. The van der Waals surface area contributed by atoms with Crippen LogP contribution in [0.4, 0.5) is 0 Å². The molecule has 1 aliphatic rings. The predicted octanol–water partition coefficient (Wildman–Crippen LogP) is 3.50. The van der Waals surface area contributed by atoms with Gasteiger partial charge in [0.1, 0.15) is 0 Å². The molecule has 0 amide bonds. The van der Waals surface area contributed by atoms with Gasteiger partial charge in [0.05, 0.1) is 13.2 Å². The molecule has 4 heteroatoms. The van der Waals surface area contributed by atoms with E-state index in [9.17, 15) is 0 Å². The number of benzene rings is 2. The first-order chi connectivity index (χ1) is 13.4. The van der Waals surface area contributed by atoms with Crippen LogP contribution in [0.1, 0.15) is 17.5 Å². The molecule has 4 nitrogen and oxygen atoms in total. The molecular formula is C23H29N3O. The summed E-state index contributed by atoms with van der Waals surface area (Å²) in [4.78, 5) is 2.50. The van der Waals surface area contributed by atoms with Gasteiger partial charge in [-0.25, -0.2) is 0 Å². The Kier molecular flexibility index (Phi) is 6.20. The number of morpholine rings is 1. The van der Waals surface area contributed by atoms with Crippen molar-refractivity contribution in [1.82, 2.24) is 14.8 Å². The van der Waals surface area contributed by atoms with Gasteiger partial charge in [-0.05, 0) is 36.7 Å². The minimum absolute atomic E-state index is 0.883. The highest BCUT2D eigenvalue weighted by Gasteiger charge is 2.10. The standard InChI is InChI=1S/C23H29N3O/c1-2-7-20(8-3-1)18-26-19-21(22-9-4-5-10-23(22)26)17-24-11-6-12-25-13-15-27-16-14-25/h1-5,7-10,19,24H,6,11-18H2. The maximum absolute atomic E-state index is 5.41. The summed E-state index contributed by atoms with van der Waals surface area (Å²) in [5.41, 5.74) is 4.03. The van der Waals surface area contributed by atoms with E-state index in [0.29, 0.717) is 0 Å². The van der Waals surface area contributed by atoms with Crippen molar-refractivity contribution in [3.8, 4) is 0 Å². The van der Waals surface area contributed by atoms with Crippen molar-refractivity contribution >= 4 is 10.9 Å². The molecule has 1 saturated heterocycles. The number of aromatic nitrogens is 1. The second-order valence-electron chi connectivity index (χ2n) is 7.27. The number of ether oxygens (including phenoxy) is 1. The molecule has 2 aromatic carbocycles. The van der Waals surface area contributed by atoms with E-state index in [1.165, 1.54) is 28.5 Å². The fourth-order valence-electron chi connectivity index (χ4n) is 3.85. The van der Waals surface area contributed by atoms with E-state index in [0.717, 1.165) is 52.5 Å². The Balaban J connectivity index is 1.35. The van der Waals surface area contributed by atoms with Gasteiger partial charge in [0.25, 0.3) is 0 Å². The summed E-state index contributed by atoms with van der Waals surface area (Å²) in [5.74, 6) is 0. The second kappa shape index (κ2) is 9.18. The van der Waals surface area contributed by atoms with Crippen LogP contribution in [0.15, 0.2) is 60.8 Å². The van der Waals surface area contributed by atoms with E-state index in [1.807, 2.05) is 0 Å². The third-order valence-corrected chi connectivity index (χ3v) is 5.31. The molecule has 142 valence electrons. The Hall–Kier alpha value is -2.14. The molecule has 1 aromatic heterocycles. The fourth-order valence-corrected chi connectivity index (χ4v) is 3.85. The molecule has 1 N–H and O–H groups in total. The summed E-state index contributed by atoms with van der Waals surface area (Å²) in [6.07, 6.45) is 3.50. The molecule has 4 rings (SSSR count). The molecule has 0 aliphatic carbocycles. The van der Waals surface area contributed by atoms with Gasteiger partial charge < -0.3 is 14.6 Å². The SMILES string of the molecule is c1ccc(Cn2cc(CNCCCN3CCOCC3)c3ccccc32)cc1. The summed E-state index contributed by atoms with van der Waals surface area (Å²) in [6.45, 7) is 7.97. The Morgan fingerprint density at radius 3 is 2.56 bits per heavy atom. The van der Waals surface area contributed by atoms with E-state index in [2.05, 4.69) is 75.6 Å². The first-order valence-electron chi connectivity index (χ1n) is 10.0. The normalized spacial score (nSPS) is 15.4. The predicted molar refractivity (Wildman–Crippen MR) is 111 cm³/mol. The first kappa shape index (κ1) is 18.2. The van der Waals surface area contributed by atoms with Crippen LogP contribution in [0.25, 0.3) is 10.9 Å². The zero-order valence-corrected chi connectivity index (χ0v) is 15.9. The van der Waals surface area contributed by atoms with Crippen LogP contribution >= 0.6 is 0 Å². The molecule has 1 aliphatic heterocycles. The van der Waals surface area contributed by atoms with Crippen LogP contribution in [0.5, 0.6) is 0 Å². The van der Waals surface area contributed by atoms with Crippen molar-refractivity contribution in [1.29, 1.82) is 0 Å². The molecule has 27 heavy (non-hydrogen) atoms. The highest BCUT2D eigenvalue weighted by Crippen LogP contribution is 2.22. The van der Waals surface area contributed by atoms with Gasteiger partial charge in [0.2, 0.25) is 0 Å². The van der Waals surface area contributed by atoms with E-state index < -0.39 is 0 Å². The van der Waals surface area contributed by atoms with Crippen LogP contribution in [-0.2, 0) is 17.8 Å². The second-order valence-corrected chi connectivity index (χ2v) is 7.27. The van der Waals surface area contributed by atoms with Gasteiger partial charge in [0.15, 0.2) is 0 Å². The Bertz CT molecular complexity index is 837. The number of fused-ring (bicyclic) bond motifs is 1. The van der Waals surface area contributed by atoms with Gasteiger partial charge in [-0.2, -0.15) is 0 Å². The number of rotatable bonds is 8. The van der Waals surface area contributed by atoms with Crippen LogP contribution in [0, 0.1) is 0 Å². The Labute approximate surface area is 161 Å². The van der Waals surface area contributed by atoms with Gasteiger partial charge in [-0.1, -0.05) is 48.5 Å². The van der Waals surface area contributed by atoms with Crippen LogP contribution in [0.2, 0.25) is 0 Å². The minimum Gasteiger partial charge on any atom is -0.379 e. The Morgan fingerprint density at radius 2 is 1.70 bits per heavy atom. The number of hydrogen-bond acceptors (Lipinski definition) is 3. The maximum Gasteiger partial charge on any atom is 0.0594 e. The highest BCUT2D eigenvalue weighted by molar-refractivity contribution is 5.84. The number of nitrogens with one attached hydrogen (secondary N) is 1. The number of para-hydroxylation sites is 1. The molecule has 1 fully saturated rings. The molecule has 0 unspecified atom stereocenters. The van der Waals surface area contributed by atoms with Crippen LogP contribution in [0.3, 0.4) is 0 Å². The zero-order valence-electron chi connectivity index (χ0n) is 15.9. The molecule has 0 radical (unpaired) electrons. The molecule has 0 atom stereocenters. The third kappa shape index (κ3) is 4.78. The summed E-state index contributed by atoms with van der Waals surface area (Å²) < 4.78 is 7.78. The van der Waals surface area contributed by atoms with Gasteiger partial charge >= 0.3 is 0 Å². The van der Waals surface area contributed by atoms with Crippen LogP contribution in [-0.4, -0.2) is 48.9 Å². The zero-order chi connectivity index (χ0) is 18.3.